The minimum absolute atomic E-state index is 0.163. The molecule has 2 aromatic heterocycles. The summed E-state index contributed by atoms with van der Waals surface area (Å²) in [6, 6.07) is 14.9. The lowest BCUT2D eigenvalue weighted by Gasteiger charge is -2.14. The van der Waals surface area contributed by atoms with Gasteiger partial charge in [-0.15, -0.1) is 0 Å². The average Bonchev–Trinajstić information content (AvgIpc) is 3.13. The van der Waals surface area contributed by atoms with E-state index in [-0.39, 0.29) is 15.8 Å². The van der Waals surface area contributed by atoms with Gasteiger partial charge in [-0.25, -0.2) is 0 Å². The molecule has 2 aromatic carbocycles. The van der Waals surface area contributed by atoms with E-state index in [1.807, 2.05) is 47.2 Å². The summed E-state index contributed by atoms with van der Waals surface area (Å²) in [6.07, 6.45) is 0.949. The number of hydrogen-bond acceptors (Lipinski definition) is 2. The van der Waals surface area contributed by atoms with Crippen LogP contribution in [0.2, 0.25) is 5.02 Å². The lowest BCUT2D eigenvalue weighted by Crippen LogP contribution is -2.19. The second kappa shape index (κ2) is 7.97. The molecule has 2 N–H and O–H groups in total. The van der Waals surface area contributed by atoms with Gasteiger partial charge in [0, 0.05) is 41.0 Å². The van der Waals surface area contributed by atoms with Crippen molar-refractivity contribution in [2.24, 2.45) is 0 Å². The minimum atomic E-state index is -4.54. The van der Waals surface area contributed by atoms with Crippen LogP contribution in [-0.4, -0.2) is 14.7 Å². The first kappa shape index (κ1) is 20.2. The Morgan fingerprint density at radius 3 is 2.40 bits per heavy atom. The number of rotatable bonds is 3. The highest BCUT2D eigenvalue weighted by Crippen LogP contribution is 2.36. The SMILES string of the molecule is FC(F)(F)c1cc(NC(=S)Nc2ccc(-n3ccc4cnccc43)cc2)ccc1Cl. The molecule has 0 radical (unpaired) electrons. The van der Waals surface area contributed by atoms with Gasteiger partial charge in [0.05, 0.1) is 16.1 Å². The minimum Gasteiger partial charge on any atom is -0.332 e. The van der Waals surface area contributed by atoms with E-state index in [0.717, 1.165) is 22.7 Å². The van der Waals surface area contributed by atoms with E-state index in [4.69, 9.17) is 23.8 Å². The van der Waals surface area contributed by atoms with Crippen LogP contribution in [0.3, 0.4) is 0 Å². The quantitative estimate of drug-likeness (QED) is 0.352. The smallest absolute Gasteiger partial charge is 0.332 e. The molecule has 0 unspecified atom stereocenters. The number of nitrogens with one attached hydrogen (secondary N) is 2. The zero-order valence-corrected chi connectivity index (χ0v) is 16.8. The molecule has 4 rings (SSSR count). The zero-order valence-electron chi connectivity index (χ0n) is 15.2. The molecule has 0 fully saturated rings. The van der Waals surface area contributed by atoms with Crippen molar-refractivity contribution in [2.75, 3.05) is 10.6 Å². The average molecular weight is 447 g/mol. The number of nitrogens with zero attached hydrogens (tertiary/aromatic N) is 2. The van der Waals surface area contributed by atoms with Gasteiger partial charge in [0.25, 0.3) is 0 Å². The lowest BCUT2D eigenvalue weighted by atomic mass is 10.2. The largest absolute Gasteiger partial charge is 0.417 e. The van der Waals surface area contributed by atoms with Crippen molar-refractivity contribution in [3.05, 3.63) is 83.8 Å². The van der Waals surface area contributed by atoms with Gasteiger partial charge in [-0.1, -0.05) is 11.6 Å². The van der Waals surface area contributed by atoms with Crippen molar-refractivity contribution in [1.29, 1.82) is 0 Å². The fourth-order valence-corrected chi connectivity index (χ4v) is 3.49. The van der Waals surface area contributed by atoms with Crippen LogP contribution >= 0.6 is 23.8 Å². The fourth-order valence-electron chi connectivity index (χ4n) is 3.03. The van der Waals surface area contributed by atoms with E-state index < -0.39 is 11.7 Å². The van der Waals surface area contributed by atoms with Gasteiger partial charge in [0.2, 0.25) is 0 Å². The second-order valence-corrected chi connectivity index (χ2v) is 7.25. The Labute approximate surface area is 180 Å². The summed E-state index contributed by atoms with van der Waals surface area (Å²) in [5.74, 6) is 0. The standard InChI is InChI=1S/C21H14ClF3N4S/c22-18-6-3-15(11-17(18)21(23,24)25)28-20(30)27-14-1-4-16(5-2-14)29-10-8-13-12-26-9-7-19(13)29/h1-12H,(H2,27,28,30). The molecule has 0 amide bonds. The Morgan fingerprint density at radius 2 is 1.67 bits per heavy atom. The molecule has 0 saturated carbocycles. The third-order valence-electron chi connectivity index (χ3n) is 4.42. The number of thiocarbonyl (C=S) groups is 1. The third-order valence-corrected chi connectivity index (χ3v) is 4.96. The van der Waals surface area contributed by atoms with Crippen molar-refractivity contribution in [2.45, 2.75) is 6.18 Å². The number of aromatic nitrogens is 2. The van der Waals surface area contributed by atoms with Crippen molar-refractivity contribution < 1.29 is 13.2 Å². The number of benzene rings is 2. The van der Waals surface area contributed by atoms with Gasteiger partial charge in [-0.2, -0.15) is 13.2 Å². The molecule has 9 heteroatoms. The molecule has 0 aliphatic heterocycles. The van der Waals surface area contributed by atoms with E-state index in [0.29, 0.717) is 5.69 Å². The monoisotopic (exact) mass is 446 g/mol. The van der Waals surface area contributed by atoms with Crippen molar-refractivity contribution in [1.82, 2.24) is 9.55 Å². The fraction of sp³-hybridized carbons (Fsp3) is 0.0476. The van der Waals surface area contributed by atoms with Gasteiger partial charge >= 0.3 is 6.18 Å². The van der Waals surface area contributed by atoms with Crippen LogP contribution in [0.4, 0.5) is 24.5 Å². The molecule has 0 saturated heterocycles. The Balaban J connectivity index is 1.47. The maximum atomic E-state index is 13.0. The molecular weight excluding hydrogens is 433 g/mol. The predicted octanol–water partition coefficient (Wildman–Crippen LogP) is 6.51. The molecule has 4 aromatic rings. The van der Waals surface area contributed by atoms with Gasteiger partial charge < -0.3 is 15.2 Å². The molecule has 2 heterocycles. The summed E-state index contributed by atoms with van der Waals surface area (Å²) in [4.78, 5) is 4.11. The van der Waals surface area contributed by atoms with Crippen LogP contribution in [0, 0.1) is 0 Å². The van der Waals surface area contributed by atoms with Gasteiger partial charge in [-0.3, -0.25) is 4.98 Å². The summed E-state index contributed by atoms with van der Waals surface area (Å²) in [5.41, 5.74) is 1.95. The second-order valence-electron chi connectivity index (χ2n) is 6.44. The summed E-state index contributed by atoms with van der Waals surface area (Å²) in [7, 11) is 0. The molecule has 30 heavy (non-hydrogen) atoms. The molecule has 0 atom stereocenters. The van der Waals surface area contributed by atoms with Gasteiger partial charge in [0.1, 0.15) is 0 Å². The van der Waals surface area contributed by atoms with E-state index in [9.17, 15) is 13.2 Å². The Morgan fingerprint density at radius 1 is 0.967 bits per heavy atom. The summed E-state index contributed by atoms with van der Waals surface area (Å²) < 4.78 is 41.0. The molecule has 0 spiro atoms. The topological polar surface area (TPSA) is 41.9 Å². The summed E-state index contributed by atoms with van der Waals surface area (Å²) >= 11 is 10.9. The molecule has 152 valence electrons. The molecule has 0 bridgehead atoms. The van der Waals surface area contributed by atoms with Crippen LogP contribution in [0.5, 0.6) is 0 Å². The van der Waals surface area contributed by atoms with Crippen LogP contribution in [-0.2, 0) is 6.18 Å². The maximum Gasteiger partial charge on any atom is 0.417 e. The van der Waals surface area contributed by atoms with Crippen LogP contribution in [0.1, 0.15) is 5.56 Å². The maximum absolute atomic E-state index is 13.0. The Bertz CT molecular complexity index is 1220. The van der Waals surface area contributed by atoms with Crippen LogP contribution < -0.4 is 10.6 Å². The molecule has 4 nitrogen and oxygen atoms in total. The third kappa shape index (κ3) is 4.24. The first-order chi connectivity index (χ1) is 14.3. The number of alkyl halides is 3. The van der Waals surface area contributed by atoms with Gasteiger partial charge in [0.15, 0.2) is 5.11 Å². The van der Waals surface area contributed by atoms with Crippen molar-refractivity contribution >= 4 is 51.2 Å². The van der Waals surface area contributed by atoms with Crippen LogP contribution in [0.15, 0.2) is 73.2 Å². The van der Waals surface area contributed by atoms with Crippen LogP contribution in [0.25, 0.3) is 16.6 Å². The summed E-state index contributed by atoms with van der Waals surface area (Å²) in [5, 5.41) is 6.54. The first-order valence-electron chi connectivity index (χ1n) is 8.77. The Kier molecular flexibility index (Phi) is 5.36. The van der Waals surface area contributed by atoms with E-state index in [1.54, 1.807) is 12.4 Å². The number of pyridine rings is 1. The number of fused-ring (bicyclic) bond motifs is 1. The zero-order chi connectivity index (χ0) is 21.3. The van der Waals surface area contributed by atoms with Gasteiger partial charge in [-0.05, 0) is 66.8 Å². The van der Waals surface area contributed by atoms with Crippen molar-refractivity contribution in [3.63, 3.8) is 0 Å². The number of anilines is 2. The Hall–Kier alpha value is -3.10. The highest BCUT2D eigenvalue weighted by molar-refractivity contribution is 7.80. The highest BCUT2D eigenvalue weighted by Gasteiger charge is 2.33. The summed E-state index contributed by atoms with van der Waals surface area (Å²) in [6.45, 7) is 0. The highest BCUT2D eigenvalue weighted by atomic mass is 35.5. The predicted molar refractivity (Wildman–Crippen MR) is 117 cm³/mol. The number of hydrogen-bond donors (Lipinski definition) is 2. The number of halogens is 4. The molecule has 0 aliphatic rings. The lowest BCUT2D eigenvalue weighted by molar-refractivity contribution is -0.137. The molecular formula is C21H14ClF3N4S. The van der Waals surface area contributed by atoms with Crippen molar-refractivity contribution in [3.8, 4) is 5.69 Å². The van der Waals surface area contributed by atoms with E-state index in [1.165, 1.54) is 12.1 Å². The normalized spacial score (nSPS) is 11.5. The first-order valence-corrected chi connectivity index (χ1v) is 9.56. The van der Waals surface area contributed by atoms with E-state index >= 15 is 0 Å². The molecule has 0 aliphatic carbocycles. The van der Waals surface area contributed by atoms with E-state index in [2.05, 4.69) is 15.6 Å².